The van der Waals surface area contributed by atoms with Crippen molar-refractivity contribution in [1.29, 1.82) is 0 Å². The Morgan fingerprint density at radius 2 is 1.79 bits per heavy atom. The summed E-state index contributed by atoms with van der Waals surface area (Å²) in [6.07, 6.45) is 17.5. The molecule has 0 spiro atoms. The fourth-order valence-corrected chi connectivity index (χ4v) is 6.64. The SMILES string of the molecule is O=C(O)CCCC=CC[C@@H]1[C@H](COC2CCCCC2)[C@@H]2CC[C@H]1S2. The van der Waals surface area contributed by atoms with E-state index in [1.807, 2.05) is 0 Å². The molecule has 0 aromatic carbocycles. The lowest BCUT2D eigenvalue weighted by atomic mass is 9.78. The molecule has 3 aliphatic rings. The van der Waals surface area contributed by atoms with Crippen LogP contribution < -0.4 is 0 Å². The molecule has 0 unspecified atom stereocenters. The van der Waals surface area contributed by atoms with Gasteiger partial charge in [-0.1, -0.05) is 31.4 Å². The molecule has 1 N–H and O–H groups in total. The number of aliphatic carboxylic acids is 1. The number of ether oxygens (including phenoxy) is 1. The van der Waals surface area contributed by atoms with Gasteiger partial charge in [-0.15, -0.1) is 0 Å². The summed E-state index contributed by atoms with van der Waals surface area (Å²) in [5, 5.41) is 10.3. The third-order valence-corrected chi connectivity index (χ3v) is 7.87. The van der Waals surface area contributed by atoms with E-state index in [0.717, 1.165) is 48.2 Å². The summed E-state index contributed by atoms with van der Waals surface area (Å²) in [7, 11) is 0. The third-order valence-electron chi connectivity index (χ3n) is 6.00. The molecule has 136 valence electrons. The molecular weight excluding hydrogens is 320 g/mol. The molecule has 0 radical (unpaired) electrons. The maximum absolute atomic E-state index is 10.5. The molecule has 2 heterocycles. The number of carbonyl (C=O) groups is 1. The van der Waals surface area contributed by atoms with Gasteiger partial charge in [0.15, 0.2) is 0 Å². The van der Waals surface area contributed by atoms with Crippen molar-refractivity contribution in [2.45, 2.75) is 87.2 Å². The zero-order chi connectivity index (χ0) is 16.8. The number of hydrogen-bond donors (Lipinski definition) is 1. The molecule has 3 fully saturated rings. The minimum Gasteiger partial charge on any atom is -0.481 e. The van der Waals surface area contributed by atoms with Gasteiger partial charge in [-0.3, -0.25) is 4.79 Å². The smallest absolute Gasteiger partial charge is 0.303 e. The molecule has 4 atom stereocenters. The molecule has 24 heavy (non-hydrogen) atoms. The number of rotatable bonds is 9. The van der Waals surface area contributed by atoms with Gasteiger partial charge in [0.25, 0.3) is 0 Å². The van der Waals surface area contributed by atoms with Gasteiger partial charge in [0, 0.05) is 16.9 Å². The Balaban J connectivity index is 1.42. The Kier molecular flexibility index (Phi) is 7.08. The first-order chi connectivity index (χ1) is 11.7. The van der Waals surface area contributed by atoms with Gasteiger partial charge in [0.1, 0.15) is 0 Å². The summed E-state index contributed by atoms with van der Waals surface area (Å²) in [5.74, 6) is 0.820. The first kappa shape index (κ1) is 18.3. The highest BCUT2D eigenvalue weighted by Gasteiger charge is 2.47. The van der Waals surface area contributed by atoms with E-state index in [1.165, 1.54) is 44.9 Å². The van der Waals surface area contributed by atoms with Crippen molar-refractivity contribution in [3.8, 4) is 0 Å². The molecular formula is C20H32O3S. The van der Waals surface area contributed by atoms with E-state index in [0.29, 0.717) is 6.10 Å². The van der Waals surface area contributed by atoms with Crippen molar-refractivity contribution in [2.75, 3.05) is 6.61 Å². The minimum atomic E-state index is -0.687. The van der Waals surface area contributed by atoms with Crippen LogP contribution in [-0.4, -0.2) is 34.3 Å². The van der Waals surface area contributed by atoms with Crippen molar-refractivity contribution in [3.63, 3.8) is 0 Å². The molecule has 1 aliphatic carbocycles. The molecule has 0 aromatic heterocycles. The van der Waals surface area contributed by atoms with Crippen LogP contribution in [0.2, 0.25) is 0 Å². The van der Waals surface area contributed by atoms with Crippen LogP contribution in [0.1, 0.15) is 70.6 Å². The van der Waals surface area contributed by atoms with Crippen molar-refractivity contribution in [1.82, 2.24) is 0 Å². The monoisotopic (exact) mass is 352 g/mol. The van der Waals surface area contributed by atoms with Gasteiger partial charge in [0.2, 0.25) is 0 Å². The van der Waals surface area contributed by atoms with E-state index < -0.39 is 5.97 Å². The van der Waals surface area contributed by atoms with E-state index in [1.54, 1.807) is 0 Å². The first-order valence-corrected chi connectivity index (χ1v) is 10.8. The van der Waals surface area contributed by atoms with E-state index in [4.69, 9.17) is 9.84 Å². The third kappa shape index (κ3) is 5.01. The molecule has 3 rings (SSSR count). The Labute approximate surface area is 150 Å². The highest BCUT2D eigenvalue weighted by molar-refractivity contribution is 8.01. The number of thioether (sulfide) groups is 1. The summed E-state index contributed by atoms with van der Waals surface area (Å²) in [4.78, 5) is 10.5. The quantitative estimate of drug-likeness (QED) is 0.466. The van der Waals surface area contributed by atoms with Crippen molar-refractivity contribution >= 4 is 17.7 Å². The van der Waals surface area contributed by atoms with Gasteiger partial charge in [0.05, 0.1) is 12.7 Å². The Morgan fingerprint density at radius 1 is 1.04 bits per heavy atom. The van der Waals surface area contributed by atoms with Gasteiger partial charge < -0.3 is 9.84 Å². The summed E-state index contributed by atoms with van der Waals surface area (Å²) < 4.78 is 6.32. The van der Waals surface area contributed by atoms with Gasteiger partial charge in [-0.2, -0.15) is 11.8 Å². The van der Waals surface area contributed by atoms with E-state index in [-0.39, 0.29) is 6.42 Å². The van der Waals surface area contributed by atoms with E-state index >= 15 is 0 Å². The van der Waals surface area contributed by atoms with Crippen LogP contribution in [0.5, 0.6) is 0 Å². The second-order valence-corrected chi connectivity index (χ2v) is 9.19. The molecule has 2 aliphatic heterocycles. The van der Waals surface area contributed by atoms with Crippen molar-refractivity contribution in [3.05, 3.63) is 12.2 Å². The minimum absolute atomic E-state index is 0.284. The fraction of sp³-hybridized carbons (Fsp3) is 0.850. The van der Waals surface area contributed by atoms with Gasteiger partial charge in [-0.05, 0) is 56.8 Å². The lowest BCUT2D eigenvalue weighted by Gasteiger charge is -2.31. The summed E-state index contributed by atoms with van der Waals surface area (Å²) in [5.41, 5.74) is 0. The Hall–Kier alpha value is -0.480. The molecule has 1 saturated carbocycles. The number of allylic oxidation sites excluding steroid dienone is 2. The predicted molar refractivity (Wildman–Crippen MR) is 99.4 cm³/mol. The van der Waals surface area contributed by atoms with Crippen LogP contribution in [0, 0.1) is 11.8 Å². The van der Waals surface area contributed by atoms with Crippen LogP contribution in [0.25, 0.3) is 0 Å². The summed E-state index contributed by atoms with van der Waals surface area (Å²) >= 11 is 2.21. The second kappa shape index (κ2) is 9.28. The van der Waals surface area contributed by atoms with Crippen LogP contribution in [0.4, 0.5) is 0 Å². The van der Waals surface area contributed by atoms with Crippen LogP contribution in [-0.2, 0) is 9.53 Å². The maximum atomic E-state index is 10.5. The summed E-state index contributed by atoms with van der Waals surface area (Å²) in [6, 6.07) is 0. The van der Waals surface area contributed by atoms with Crippen LogP contribution in [0.15, 0.2) is 12.2 Å². The summed E-state index contributed by atoms with van der Waals surface area (Å²) in [6.45, 7) is 0.969. The van der Waals surface area contributed by atoms with E-state index in [9.17, 15) is 4.79 Å². The molecule has 4 heteroatoms. The predicted octanol–water partition coefficient (Wildman–Crippen LogP) is 5.05. The molecule has 3 nitrogen and oxygen atoms in total. The topological polar surface area (TPSA) is 46.5 Å². The number of unbranched alkanes of at least 4 members (excludes halogenated alkanes) is 1. The van der Waals surface area contributed by atoms with Gasteiger partial charge >= 0.3 is 5.97 Å². The first-order valence-electron chi connectivity index (χ1n) is 9.88. The Morgan fingerprint density at radius 3 is 2.54 bits per heavy atom. The average Bonchev–Trinajstić information content (AvgIpc) is 3.18. The van der Waals surface area contributed by atoms with Gasteiger partial charge in [-0.25, -0.2) is 0 Å². The molecule has 2 saturated heterocycles. The lowest BCUT2D eigenvalue weighted by molar-refractivity contribution is -0.137. The highest BCUT2D eigenvalue weighted by Crippen LogP contribution is 2.54. The second-order valence-electron chi connectivity index (χ2n) is 7.70. The van der Waals surface area contributed by atoms with E-state index in [2.05, 4.69) is 23.9 Å². The Bertz CT molecular complexity index is 431. The molecule has 2 bridgehead atoms. The zero-order valence-electron chi connectivity index (χ0n) is 14.7. The average molecular weight is 353 g/mol. The number of hydrogen-bond acceptors (Lipinski definition) is 3. The number of carboxylic acids is 1. The van der Waals surface area contributed by atoms with Crippen molar-refractivity contribution < 1.29 is 14.6 Å². The van der Waals surface area contributed by atoms with Crippen LogP contribution >= 0.6 is 11.8 Å². The highest BCUT2D eigenvalue weighted by atomic mass is 32.2. The standard InChI is InChI=1S/C20H32O3S/c21-20(22)11-7-2-1-6-10-16-17(19-13-12-18(16)24-19)14-23-15-8-4-3-5-9-15/h1,6,15-19H,2-5,7-14H2,(H,21,22)/t16-,17+,18-,19+/m1/s1. The number of carboxylic acid groups (broad SMARTS) is 1. The lowest BCUT2D eigenvalue weighted by Crippen LogP contribution is -2.32. The fourth-order valence-electron chi connectivity index (χ4n) is 4.65. The normalized spacial score (nSPS) is 33.5. The largest absolute Gasteiger partial charge is 0.481 e. The molecule has 0 amide bonds. The zero-order valence-corrected chi connectivity index (χ0v) is 15.5. The number of fused-ring (bicyclic) bond motifs is 2. The van der Waals surface area contributed by atoms with Crippen molar-refractivity contribution in [2.24, 2.45) is 11.8 Å². The van der Waals surface area contributed by atoms with Crippen LogP contribution in [0.3, 0.4) is 0 Å². The molecule has 0 aromatic rings. The maximum Gasteiger partial charge on any atom is 0.303 e.